The van der Waals surface area contributed by atoms with Gasteiger partial charge in [-0.3, -0.25) is 4.79 Å². The largest absolute Gasteiger partial charge is 0.345 e. The number of hydrogen-bond acceptors (Lipinski definition) is 3. The molecular weight excluding hydrogens is 276 g/mol. The normalized spacial score (nSPS) is 13.7. The smallest absolute Gasteiger partial charge is 0.263 e. The summed E-state index contributed by atoms with van der Waals surface area (Å²) in [6.07, 6.45) is 1.62. The van der Waals surface area contributed by atoms with Crippen molar-refractivity contribution in [3.8, 4) is 0 Å². The molecule has 0 aromatic carbocycles. The summed E-state index contributed by atoms with van der Waals surface area (Å²) in [5.74, 6) is -0.0584. The van der Waals surface area contributed by atoms with E-state index in [1.165, 1.54) is 11.3 Å². The van der Waals surface area contributed by atoms with Crippen molar-refractivity contribution in [3.63, 3.8) is 0 Å². The lowest BCUT2D eigenvalue weighted by Crippen LogP contribution is -2.48. The maximum absolute atomic E-state index is 11.8. The van der Waals surface area contributed by atoms with E-state index in [1.807, 2.05) is 27.7 Å². The van der Waals surface area contributed by atoms with Crippen LogP contribution in [-0.4, -0.2) is 21.3 Å². The van der Waals surface area contributed by atoms with Crippen molar-refractivity contribution in [2.45, 2.75) is 38.1 Å². The molecule has 0 aliphatic heterocycles. The molecule has 0 spiro atoms. The van der Waals surface area contributed by atoms with Gasteiger partial charge in [0.2, 0.25) is 0 Å². The van der Waals surface area contributed by atoms with Gasteiger partial charge in [0.05, 0.1) is 11.2 Å². The van der Waals surface area contributed by atoms with Crippen LogP contribution in [0.25, 0.3) is 0 Å². The molecule has 0 bridgehead atoms. The van der Waals surface area contributed by atoms with Gasteiger partial charge in [-0.25, -0.2) is 4.98 Å². The van der Waals surface area contributed by atoms with E-state index in [0.717, 1.165) is 5.01 Å². The standard InChI is InChI=1S/C10H15BrN2OS/c1-6(11)10(3,4)13-9(14)8-5-12-7(2)15-8/h5-6H,1-4H3,(H,13,14). The number of carbonyl (C=O) groups excluding carboxylic acids is 1. The highest BCUT2D eigenvalue weighted by molar-refractivity contribution is 9.09. The van der Waals surface area contributed by atoms with Crippen molar-refractivity contribution in [2.24, 2.45) is 0 Å². The number of amides is 1. The first-order valence-electron chi connectivity index (χ1n) is 4.72. The number of carbonyl (C=O) groups is 1. The Morgan fingerprint density at radius 3 is 2.67 bits per heavy atom. The van der Waals surface area contributed by atoms with Crippen molar-refractivity contribution in [3.05, 3.63) is 16.1 Å². The summed E-state index contributed by atoms with van der Waals surface area (Å²) in [7, 11) is 0. The van der Waals surface area contributed by atoms with Crippen molar-refractivity contribution < 1.29 is 4.79 Å². The number of alkyl halides is 1. The lowest BCUT2D eigenvalue weighted by atomic mass is 10.0. The predicted molar refractivity (Wildman–Crippen MR) is 66.8 cm³/mol. The molecule has 1 rings (SSSR count). The quantitative estimate of drug-likeness (QED) is 0.870. The number of nitrogens with zero attached hydrogens (tertiary/aromatic N) is 1. The van der Waals surface area contributed by atoms with Crippen molar-refractivity contribution in [1.29, 1.82) is 0 Å². The van der Waals surface area contributed by atoms with E-state index in [9.17, 15) is 4.79 Å². The lowest BCUT2D eigenvalue weighted by Gasteiger charge is -2.28. The molecule has 0 aliphatic carbocycles. The fraction of sp³-hybridized carbons (Fsp3) is 0.600. The molecular formula is C10H15BrN2OS. The average molecular weight is 291 g/mol. The van der Waals surface area contributed by atoms with Gasteiger partial charge in [0.1, 0.15) is 4.88 Å². The number of hydrogen-bond donors (Lipinski definition) is 1. The minimum Gasteiger partial charge on any atom is -0.345 e. The monoisotopic (exact) mass is 290 g/mol. The van der Waals surface area contributed by atoms with Gasteiger partial charge in [-0.05, 0) is 20.8 Å². The van der Waals surface area contributed by atoms with E-state index < -0.39 is 0 Å². The van der Waals surface area contributed by atoms with Crippen molar-refractivity contribution in [1.82, 2.24) is 10.3 Å². The molecule has 0 radical (unpaired) electrons. The number of halogens is 1. The zero-order valence-electron chi connectivity index (χ0n) is 9.30. The van der Waals surface area contributed by atoms with Crippen LogP contribution in [0.3, 0.4) is 0 Å². The second-order valence-electron chi connectivity index (χ2n) is 4.04. The summed E-state index contributed by atoms with van der Waals surface area (Å²) >= 11 is 4.88. The van der Waals surface area contributed by atoms with Gasteiger partial charge in [0.15, 0.2) is 0 Å². The predicted octanol–water partition coefficient (Wildman–Crippen LogP) is 2.74. The molecule has 84 valence electrons. The Labute approximate surface area is 102 Å². The van der Waals surface area contributed by atoms with Crippen LogP contribution in [0.4, 0.5) is 0 Å². The zero-order chi connectivity index (χ0) is 11.6. The van der Waals surface area contributed by atoms with Crippen LogP contribution >= 0.6 is 27.3 Å². The van der Waals surface area contributed by atoms with Gasteiger partial charge in [-0.2, -0.15) is 0 Å². The van der Waals surface area contributed by atoms with Crippen LogP contribution in [0.5, 0.6) is 0 Å². The summed E-state index contributed by atoms with van der Waals surface area (Å²) in [6, 6.07) is 0. The highest BCUT2D eigenvalue weighted by Crippen LogP contribution is 2.19. The molecule has 0 saturated carbocycles. The van der Waals surface area contributed by atoms with Gasteiger partial charge in [0.25, 0.3) is 5.91 Å². The van der Waals surface area contributed by atoms with Gasteiger partial charge in [-0.1, -0.05) is 22.9 Å². The second kappa shape index (κ2) is 4.61. The van der Waals surface area contributed by atoms with Gasteiger partial charge < -0.3 is 5.32 Å². The van der Waals surface area contributed by atoms with Crippen LogP contribution in [-0.2, 0) is 0 Å². The minimum atomic E-state index is -0.269. The fourth-order valence-corrected chi connectivity index (χ4v) is 1.71. The molecule has 1 aromatic rings. The van der Waals surface area contributed by atoms with E-state index in [-0.39, 0.29) is 16.3 Å². The maximum atomic E-state index is 11.8. The number of aromatic nitrogens is 1. The van der Waals surface area contributed by atoms with Gasteiger partial charge in [0, 0.05) is 10.4 Å². The molecule has 1 amide bonds. The molecule has 0 fully saturated rings. The molecule has 0 aliphatic rings. The van der Waals surface area contributed by atoms with E-state index in [2.05, 4.69) is 26.2 Å². The molecule has 1 heterocycles. The second-order valence-corrected chi connectivity index (χ2v) is 6.64. The summed E-state index contributed by atoms with van der Waals surface area (Å²) in [6.45, 7) is 7.87. The summed E-state index contributed by atoms with van der Waals surface area (Å²) in [4.78, 5) is 16.7. The lowest BCUT2D eigenvalue weighted by molar-refractivity contribution is 0.0918. The van der Waals surface area contributed by atoms with Crippen LogP contribution in [0.15, 0.2) is 6.20 Å². The third-order valence-electron chi connectivity index (χ3n) is 2.28. The van der Waals surface area contributed by atoms with Gasteiger partial charge in [-0.15, -0.1) is 11.3 Å². The van der Waals surface area contributed by atoms with Crippen LogP contribution in [0, 0.1) is 6.92 Å². The molecule has 1 atom stereocenters. The number of aryl methyl sites for hydroxylation is 1. The summed E-state index contributed by atoms with van der Waals surface area (Å²) < 4.78 is 0. The third kappa shape index (κ3) is 3.28. The number of rotatable bonds is 3. The summed E-state index contributed by atoms with van der Waals surface area (Å²) in [5.41, 5.74) is -0.269. The molecule has 1 N–H and O–H groups in total. The van der Waals surface area contributed by atoms with E-state index in [0.29, 0.717) is 4.88 Å². The van der Waals surface area contributed by atoms with E-state index in [4.69, 9.17) is 0 Å². The first-order valence-corrected chi connectivity index (χ1v) is 6.45. The van der Waals surface area contributed by atoms with E-state index in [1.54, 1.807) is 6.20 Å². The Balaban J connectivity index is 2.72. The van der Waals surface area contributed by atoms with E-state index >= 15 is 0 Å². The molecule has 1 aromatic heterocycles. The molecule has 0 saturated heterocycles. The zero-order valence-corrected chi connectivity index (χ0v) is 11.7. The molecule has 15 heavy (non-hydrogen) atoms. The topological polar surface area (TPSA) is 42.0 Å². The Kier molecular flexibility index (Phi) is 3.89. The van der Waals surface area contributed by atoms with Crippen LogP contribution in [0.1, 0.15) is 35.5 Å². The minimum absolute atomic E-state index is 0.0584. The number of nitrogens with one attached hydrogen (secondary N) is 1. The average Bonchev–Trinajstić information content (AvgIpc) is 2.50. The van der Waals surface area contributed by atoms with Crippen LogP contribution < -0.4 is 5.32 Å². The first kappa shape index (κ1) is 12.6. The summed E-state index contributed by atoms with van der Waals surface area (Å²) in [5, 5.41) is 3.88. The maximum Gasteiger partial charge on any atom is 0.263 e. The Morgan fingerprint density at radius 1 is 1.67 bits per heavy atom. The van der Waals surface area contributed by atoms with Crippen molar-refractivity contribution in [2.75, 3.05) is 0 Å². The molecule has 1 unspecified atom stereocenters. The van der Waals surface area contributed by atoms with Crippen LogP contribution in [0.2, 0.25) is 0 Å². The molecule has 5 heteroatoms. The highest BCUT2D eigenvalue weighted by Gasteiger charge is 2.26. The van der Waals surface area contributed by atoms with Crippen molar-refractivity contribution >= 4 is 33.2 Å². The Morgan fingerprint density at radius 2 is 2.27 bits per heavy atom. The third-order valence-corrected chi connectivity index (χ3v) is 4.33. The van der Waals surface area contributed by atoms with Gasteiger partial charge >= 0.3 is 0 Å². The highest BCUT2D eigenvalue weighted by atomic mass is 79.9. The Bertz CT molecular complexity index is 360. The SMILES string of the molecule is Cc1ncc(C(=O)NC(C)(C)C(C)Br)s1. The Hall–Kier alpha value is -0.420. The first-order chi connectivity index (χ1) is 6.83. The number of thiazole rings is 1. The molecule has 3 nitrogen and oxygen atoms in total. The fourth-order valence-electron chi connectivity index (χ4n) is 0.920.